The molecule has 0 radical (unpaired) electrons. The van der Waals surface area contributed by atoms with Gasteiger partial charge in [0.2, 0.25) is 0 Å². The van der Waals surface area contributed by atoms with Gasteiger partial charge in [-0.3, -0.25) is 4.79 Å². The molecule has 8 heteroatoms. The van der Waals surface area contributed by atoms with Crippen LogP contribution in [-0.2, 0) is 11.4 Å². The average Bonchev–Trinajstić information content (AvgIpc) is 2.63. The van der Waals surface area contributed by atoms with Gasteiger partial charge in [0.25, 0.3) is 5.91 Å². The summed E-state index contributed by atoms with van der Waals surface area (Å²) in [6, 6.07) is 14.1. The molecule has 1 amide bonds. The second kappa shape index (κ2) is 7.52. The fourth-order valence-electron chi connectivity index (χ4n) is 2.29. The van der Waals surface area contributed by atoms with E-state index in [1.807, 2.05) is 31.2 Å². The van der Waals surface area contributed by atoms with Gasteiger partial charge in [-0.1, -0.05) is 29.8 Å². The SMILES string of the molecule is Cc1ccc(-c2cnc(N)c(C(=O)Nc3ccc([S+](N)[O-])cc3)n2)cc1. The smallest absolute Gasteiger partial charge is 0.278 e. The molecule has 132 valence electrons. The summed E-state index contributed by atoms with van der Waals surface area (Å²) >= 11 is -1.57. The molecule has 1 unspecified atom stereocenters. The van der Waals surface area contributed by atoms with Crippen LogP contribution in [0.4, 0.5) is 11.5 Å². The van der Waals surface area contributed by atoms with Crippen LogP contribution in [0.5, 0.6) is 0 Å². The zero-order valence-corrected chi connectivity index (χ0v) is 14.8. The molecular weight excluding hydrogens is 350 g/mol. The quantitative estimate of drug-likeness (QED) is 0.606. The van der Waals surface area contributed by atoms with E-state index in [9.17, 15) is 9.35 Å². The third kappa shape index (κ3) is 3.99. The number of hydrogen-bond acceptors (Lipinski definition) is 6. The van der Waals surface area contributed by atoms with Crippen LogP contribution in [0.15, 0.2) is 59.6 Å². The second-order valence-corrected chi connectivity index (χ2v) is 6.70. The van der Waals surface area contributed by atoms with E-state index < -0.39 is 17.3 Å². The van der Waals surface area contributed by atoms with E-state index in [1.165, 1.54) is 6.20 Å². The molecule has 0 aliphatic rings. The lowest BCUT2D eigenvalue weighted by atomic mass is 10.1. The average molecular weight is 367 g/mol. The van der Waals surface area contributed by atoms with Crippen molar-refractivity contribution in [3.8, 4) is 11.3 Å². The van der Waals surface area contributed by atoms with Crippen LogP contribution in [0, 0.1) is 6.92 Å². The van der Waals surface area contributed by atoms with Gasteiger partial charge in [0.15, 0.2) is 16.4 Å². The number of nitrogens with two attached hydrogens (primary N) is 2. The summed E-state index contributed by atoms with van der Waals surface area (Å²) in [5, 5.41) is 8.00. The zero-order chi connectivity index (χ0) is 18.7. The van der Waals surface area contributed by atoms with Crippen LogP contribution in [0.3, 0.4) is 0 Å². The first-order valence-corrected chi connectivity index (χ1v) is 8.92. The van der Waals surface area contributed by atoms with Crippen LogP contribution >= 0.6 is 0 Å². The molecule has 0 fully saturated rings. The van der Waals surface area contributed by atoms with Crippen molar-refractivity contribution in [1.29, 1.82) is 0 Å². The molecule has 0 saturated heterocycles. The molecule has 2 aromatic carbocycles. The van der Waals surface area contributed by atoms with Crippen molar-refractivity contribution in [3.05, 3.63) is 66.0 Å². The fraction of sp³-hybridized carbons (Fsp3) is 0.0556. The van der Waals surface area contributed by atoms with Gasteiger partial charge < -0.3 is 15.6 Å². The summed E-state index contributed by atoms with van der Waals surface area (Å²) in [6.07, 6.45) is 1.53. The number of aryl methyl sites for hydroxylation is 1. The first kappa shape index (κ1) is 17.9. The second-order valence-electron chi connectivity index (χ2n) is 5.63. The normalized spacial score (nSPS) is 11.8. The largest absolute Gasteiger partial charge is 0.593 e. The number of benzene rings is 2. The van der Waals surface area contributed by atoms with Crippen molar-refractivity contribution in [2.75, 3.05) is 11.1 Å². The molecule has 0 saturated carbocycles. The summed E-state index contributed by atoms with van der Waals surface area (Å²) in [4.78, 5) is 21.4. The van der Waals surface area contributed by atoms with E-state index in [1.54, 1.807) is 24.3 Å². The van der Waals surface area contributed by atoms with Crippen molar-refractivity contribution in [2.45, 2.75) is 11.8 Å². The lowest BCUT2D eigenvalue weighted by Gasteiger charge is -2.09. The number of anilines is 2. The Kier molecular flexibility index (Phi) is 5.17. The van der Waals surface area contributed by atoms with Crippen molar-refractivity contribution in [3.63, 3.8) is 0 Å². The highest BCUT2D eigenvalue weighted by Crippen LogP contribution is 2.20. The number of nitrogens with one attached hydrogen (secondary N) is 1. The Morgan fingerprint density at radius 1 is 1.12 bits per heavy atom. The highest BCUT2D eigenvalue weighted by atomic mass is 32.2. The maximum atomic E-state index is 12.5. The van der Waals surface area contributed by atoms with Crippen LogP contribution < -0.4 is 16.2 Å². The van der Waals surface area contributed by atoms with Crippen LogP contribution in [0.1, 0.15) is 16.1 Å². The highest BCUT2D eigenvalue weighted by molar-refractivity contribution is 7.89. The zero-order valence-electron chi connectivity index (χ0n) is 14.0. The van der Waals surface area contributed by atoms with Gasteiger partial charge in [0, 0.05) is 11.3 Å². The summed E-state index contributed by atoms with van der Waals surface area (Å²) in [5.74, 6) is -0.441. The number of aromatic nitrogens is 2. The molecule has 1 heterocycles. The maximum absolute atomic E-state index is 12.5. The third-order valence-electron chi connectivity index (χ3n) is 3.71. The monoisotopic (exact) mass is 367 g/mol. The lowest BCUT2D eigenvalue weighted by molar-refractivity contribution is 0.102. The maximum Gasteiger partial charge on any atom is 0.278 e. The summed E-state index contributed by atoms with van der Waals surface area (Å²) in [5.41, 5.74) is 8.88. The topological polar surface area (TPSA) is 130 Å². The van der Waals surface area contributed by atoms with E-state index in [0.29, 0.717) is 16.3 Å². The van der Waals surface area contributed by atoms with Gasteiger partial charge in [0.05, 0.1) is 23.3 Å². The molecule has 0 bridgehead atoms. The van der Waals surface area contributed by atoms with Crippen molar-refractivity contribution in [1.82, 2.24) is 9.97 Å². The third-order valence-corrected chi connectivity index (χ3v) is 4.44. The number of amides is 1. The minimum absolute atomic E-state index is 0.0366. The minimum atomic E-state index is -1.57. The van der Waals surface area contributed by atoms with E-state index >= 15 is 0 Å². The Bertz CT molecular complexity index is 927. The minimum Gasteiger partial charge on any atom is -0.593 e. The Hall–Kier alpha value is -2.94. The van der Waals surface area contributed by atoms with Gasteiger partial charge >= 0.3 is 0 Å². The van der Waals surface area contributed by atoms with Crippen LogP contribution in [0.2, 0.25) is 0 Å². The number of carbonyl (C=O) groups is 1. The molecule has 1 aromatic heterocycles. The van der Waals surface area contributed by atoms with Crippen molar-refractivity contribution < 1.29 is 9.35 Å². The van der Waals surface area contributed by atoms with E-state index in [4.69, 9.17) is 10.9 Å². The van der Waals surface area contributed by atoms with Gasteiger partial charge in [-0.15, -0.1) is 5.14 Å². The Labute approximate surface area is 153 Å². The van der Waals surface area contributed by atoms with E-state index in [2.05, 4.69) is 15.3 Å². The van der Waals surface area contributed by atoms with E-state index in [0.717, 1.165) is 11.1 Å². The Balaban J connectivity index is 1.84. The Morgan fingerprint density at radius 2 is 1.77 bits per heavy atom. The molecule has 3 rings (SSSR count). The fourth-order valence-corrected chi connectivity index (χ4v) is 2.70. The summed E-state index contributed by atoms with van der Waals surface area (Å²) in [6.45, 7) is 1.99. The number of nitrogens with zero attached hydrogens (tertiary/aromatic N) is 2. The van der Waals surface area contributed by atoms with Crippen LogP contribution in [-0.4, -0.2) is 20.4 Å². The molecule has 26 heavy (non-hydrogen) atoms. The molecule has 0 aliphatic carbocycles. The van der Waals surface area contributed by atoms with Crippen LogP contribution in [0.25, 0.3) is 11.3 Å². The predicted molar refractivity (Wildman–Crippen MR) is 102 cm³/mol. The molecule has 3 aromatic rings. The first-order chi connectivity index (χ1) is 12.4. The first-order valence-electron chi connectivity index (χ1n) is 7.71. The van der Waals surface area contributed by atoms with Crippen molar-refractivity contribution >= 4 is 28.8 Å². The van der Waals surface area contributed by atoms with E-state index in [-0.39, 0.29) is 11.5 Å². The number of rotatable bonds is 4. The molecule has 1 atom stereocenters. The number of carbonyl (C=O) groups excluding carboxylic acids is 1. The summed E-state index contributed by atoms with van der Waals surface area (Å²) < 4.78 is 11.2. The summed E-state index contributed by atoms with van der Waals surface area (Å²) in [7, 11) is 0. The molecule has 0 aliphatic heterocycles. The Morgan fingerprint density at radius 3 is 2.38 bits per heavy atom. The lowest BCUT2D eigenvalue weighted by Crippen LogP contribution is -2.17. The van der Waals surface area contributed by atoms with Gasteiger partial charge in [-0.25, -0.2) is 9.97 Å². The molecule has 5 N–H and O–H groups in total. The number of hydrogen-bond donors (Lipinski definition) is 3. The standard InChI is InChI=1S/C18H17N5O2S/c1-11-2-4-12(5-3-11)15-10-21-17(19)16(23-15)18(24)22-13-6-8-14(9-7-13)26(20)25/h2-10H,20H2,1H3,(H2,19,21)(H,22,24). The highest BCUT2D eigenvalue weighted by Gasteiger charge is 2.15. The molecule has 0 spiro atoms. The number of nitrogen functional groups attached to an aromatic ring is 1. The molecular formula is C18H17N5O2S. The van der Waals surface area contributed by atoms with Gasteiger partial charge in [-0.05, 0) is 31.2 Å². The molecule has 7 nitrogen and oxygen atoms in total. The predicted octanol–water partition coefficient (Wildman–Crippen LogP) is 2.27. The van der Waals surface area contributed by atoms with Gasteiger partial charge in [0.1, 0.15) is 0 Å². The van der Waals surface area contributed by atoms with Crippen molar-refractivity contribution in [2.24, 2.45) is 5.14 Å². The van der Waals surface area contributed by atoms with Gasteiger partial charge in [-0.2, -0.15) is 0 Å².